The van der Waals surface area contributed by atoms with Gasteiger partial charge < -0.3 is 14.3 Å². The van der Waals surface area contributed by atoms with Crippen molar-refractivity contribution in [2.24, 2.45) is 36.1 Å². The van der Waals surface area contributed by atoms with Crippen LogP contribution in [0, 0.1) is 29.1 Å². The number of fused-ring (bicyclic) bond motifs is 3. The lowest BCUT2D eigenvalue weighted by Crippen LogP contribution is -2.57. The zero-order valence-electron chi connectivity index (χ0n) is 18.1. The molecule has 0 radical (unpaired) electrons. The molecule has 2 heterocycles. The van der Waals surface area contributed by atoms with Gasteiger partial charge in [-0.1, -0.05) is 0 Å². The van der Waals surface area contributed by atoms with Crippen LogP contribution in [0.25, 0.3) is 22.0 Å². The van der Waals surface area contributed by atoms with E-state index in [4.69, 9.17) is 4.74 Å². The molecule has 0 aliphatic heterocycles. The quantitative estimate of drug-likeness (QED) is 0.557. The summed E-state index contributed by atoms with van der Waals surface area (Å²) in [6.07, 6.45) is 13.4. The number of pyridine rings is 1. The number of aromatic nitrogens is 2. The maximum Gasteiger partial charge on any atom is 0.274 e. The molecule has 4 aliphatic carbocycles. The molecule has 4 aliphatic rings. The summed E-state index contributed by atoms with van der Waals surface area (Å²) in [4.78, 5) is 16.9. The molecule has 4 saturated carbocycles. The van der Waals surface area contributed by atoms with E-state index in [0.29, 0.717) is 17.0 Å². The molecule has 4 atom stereocenters. The number of aromatic amines is 1. The first kappa shape index (κ1) is 18.4. The largest absolute Gasteiger partial charge is 0.489 e. The van der Waals surface area contributed by atoms with Crippen molar-refractivity contribution < 1.29 is 4.74 Å². The highest BCUT2D eigenvalue weighted by atomic mass is 32.2. The van der Waals surface area contributed by atoms with E-state index in [1.165, 1.54) is 37.0 Å². The van der Waals surface area contributed by atoms with Crippen LogP contribution in [-0.2, 0) is 7.05 Å². The predicted octanol–water partition coefficient (Wildman–Crippen LogP) is 5.46. The Morgan fingerprint density at radius 2 is 1.87 bits per heavy atom. The Kier molecular flexibility index (Phi) is 3.70. The fraction of sp³-hybridized carbons (Fsp3) is 0.500. The van der Waals surface area contributed by atoms with Crippen molar-refractivity contribution >= 4 is 22.7 Å². The lowest BCUT2D eigenvalue weighted by molar-refractivity contribution is -0.123. The molecule has 0 amide bonds. The minimum atomic E-state index is 0.00662. The van der Waals surface area contributed by atoms with Crippen LogP contribution < -0.4 is 10.3 Å². The molecular formula is C26H28N2O2S. The molecule has 160 valence electrons. The minimum absolute atomic E-state index is 0.00662. The van der Waals surface area contributed by atoms with Gasteiger partial charge in [-0.3, -0.25) is 4.79 Å². The Balaban J connectivity index is 1.33. The van der Waals surface area contributed by atoms with Gasteiger partial charge in [0.1, 0.15) is 17.4 Å². The van der Waals surface area contributed by atoms with E-state index in [-0.39, 0.29) is 5.56 Å². The molecule has 31 heavy (non-hydrogen) atoms. The van der Waals surface area contributed by atoms with Crippen LogP contribution >= 0.6 is 11.8 Å². The summed E-state index contributed by atoms with van der Waals surface area (Å²) < 4.78 is 8.60. The molecule has 4 fully saturated rings. The lowest BCUT2D eigenvalue weighted by Gasteiger charge is -2.55. The van der Waals surface area contributed by atoms with Gasteiger partial charge in [-0.15, -0.1) is 11.8 Å². The van der Waals surface area contributed by atoms with E-state index in [0.717, 1.165) is 45.9 Å². The fourth-order valence-corrected chi connectivity index (χ4v) is 8.49. The van der Waals surface area contributed by atoms with Crippen LogP contribution in [0.15, 0.2) is 46.3 Å². The van der Waals surface area contributed by atoms with Crippen LogP contribution in [0.3, 0.4) is 0 Å². The van der Waals surface area contributed by atoms with Gasteiger partial charge >= 0.3 is 0 Å². The number of nitrogens with one attached hydrogen (secondary N) is 1. The molecule has 2 aromatic heterocycles. The second kappa shape index (κ2) is 6.22. The Morgan fingerprint density at radius 3 is 2.61 bits per heavy atom. The minimum Gasteiger partial charge on any atom is -0.489 e. The van der Waals surface area contributed by atoms with Crippen molar-refractivity contribution in [3.8, 4) is 16.9 Å². The van der Waals surface area contributed by atoms with Crippen molar-refractivity contribution in [3.05, 3.63) is 47.0 Å². The zero-order chi connectivity index (χ0) is 20.9. The van der Waals surface area contributed by atoms with E-state index in [1.807, 2.05) is 25.5 Å². The highest BCUT2D eigenvalue weighted by Crippen LogP contribution is 2.75. The summed E-state index contributed by atoms with van der Waals surface area (Å²) in [6, 6.07) is 8.58. The molecule has 3 aromatic rings. The van der Waals surface area contributed by atoms with Crippen LogP contribution in [0.1, 0.15) is 32.1 Å². The summed E-state index contributed by atoms with van der Waals surface area (Å²) in [5, 5.41) is 0.970. The predicted molar refractivity (Wildman–Crippen MR) is 125 cm³/mol. The number of ether oxygens (including phenoxy) is 1. The summed E-state index contributed by atoms with van der Waals surface area (Å²) in [6.45, 7) is 0. The molecule has 7 rings (SSSR count). The topological polar surface area (TPSA) is 47.0 Å². The summed E-state index contributed by atoms with van der Waals surface area (Å²) in [5.41, 5.74) is 3.45. The van der Waals surface area contributed by atoms with Gasteiger partial charge in [0, 0.05) is 52.7 Å². The number of aryl methyl sites for hydroxylation is 1. The average Bonchev–Trinajstić information content (AvgIpc) is 3.41. The Hall–Kier alpha value is -2.14. The van der Waals surface area contributed by atoms with E-state index >= 15 is 0 Å². The number of hydrogen-bond donors (Lipinski definition) is 1. The lowest BCUT2D eigenvalue weighted by atomic mass is 9.54. The maximum atomic E-state index is 12.6. The maximum absolute atomic E-state index is 12.6. The van der Waals surface area contributed by atoms with Crippen LogP contribution in [0.5, 0.6) is 5.75 Å². The summed E-state index contributed by atoms with van der Waals surface area (Å²) >= 11 is 1.74. The molecule has 5 heteroatoms. The summed E-state index contributed by atoms with van der Waals surface area (Å²) in [7, 11) is 1.83. The van der Waals surface area contributed by atoms with Gasteiger partial charge in [0.2, 0.25) is 0 Å². The Labute approximate surface area is 186 Å². The van der Waals surface area contributed by atoms with Crippen molar-refractivity contribution in [1.29, 1.82) is 0 Å². The normalized spacial score (nSPS) is 34.8. The first-order valence-electron chi connectivity index (χ1n) is 11.6. The van der Waals surface area contributed by atoms with Crippen LogP contribution in [0.2, 0.25) is 0 Å². The Morgan fingerprint density at radius 1 is 1.10 bits per heavy atom. The molecular weight excluding hydrogens is 404 g/mol. The van der Waals surface area contributed by atoms with Gasteiger partial charge in [-0.2, -0.15) is 0 Å². The van der Waals surface area contributed by atoms with E-state index in [2.05, 4.69) is 29.4 Å². The molecule has 1 N–H and O–H groups in total. The molecule has 4 nitrogen and oxygen atoms in total. The van der Waals surface area contributed by atoms with Gasteiger partial charge in [0.25, 0.3) is 5.56 Å². The third kappa shape index (κ3) is 2.36. The van der Waals surface area contributed by atoms with Crippen molar-refractivity contribution in [3.63, 3.8) is 0 Å². The first-order chi connectivity index (χ1) is 15.1. The van der Waals surface area contributed by atoms with Gasteiger partial charge in [0.15, 0.2) is 0 Å². The Bertz CT molecular complexity index is 1250. The SMILES string of the molecule is CSc1ccc(OC2C3CC4CC5CC2C3(C4)C5)c(-c2cn(C)c(=O)c3[nH]ccc23)c1. The molecule has 4 unspecified atom stereocenters. The molecule has 1 spiro atoms. The van der Waals surface area contributed by atoms with Crippen molar-refractivity contribution in [1.82, 2.24) is 9.55 Å². The molecule has 0 saturated heterocycles. The first-order valence-corrected chi connectivity index (χ1v) is 12.8. The van der Waals surface area contributed by atoms with Gasteiger partial charge in [0.05, 0.1) is 0 Å². The fourth-order valence-electron chi connectivity index (χ4n) is 8.05. The van der Waals surface area contributed by atoms with Gasteiger partial charge in [-0.25, -0.2) is 0 Å². The van der Waals surface area contributed by atoms with Crippen LogP contribution in [0.4, 0.5) is 0 Å². The van der Waals surface area contributed by atoms with Gasteiger partial charge in [-0.05, 0) is 79.9 Å². The smallest absolute Gasteiger partial charge is 0.274 e. The third-order valence-corrected chi connectivity index (χ3v) is 9.81. The number of H-pyrrole nitrogens is 1. The second-order valence-electron chi connectivity index (χ2n) is 10.5. The van der Waals surface area contributed by atoms with E-state index < -0.39 is 0 Å². The highest BCUT2D eigenvalue weighted by molar-refractivity contribution is 7.98. The number of thioether (sulfide) groups is 1. The summed E-state index contributed by atoms with van der Waals surface area (Å²) in [5.74, 6) is 4.36. The van der Waals surface area contributed by atoms with Crippen molar-refractivity contribution in [2.45, 2.75) is 43.1 Å². The number of nitrogens with zero attached hydrogens (tertiary/aromatic N) is 1. The second-order valence-corrected chi connectivity index (χ2v) is 11.3. The third-order valence-electron chi connectivity index (χ3n) is 9.08. The monoisotopic (exact) mass is 432 g/mol. The van der Waals surface area contributed by atoms with E-state index in [1.54, 1.807) is 16.3 Å². The standard InChI is InChI=1S/C26H28N2O2S/c1-28-13-19(17-5-6-27-23(17)25(28)29)18-10-16(31-2)3-4-22(18)30-24-20-8-14-7-15-9-21(24)26(20,11-14)12-15/h3-6,10,13-15,20-21,24,27H,7-9,11-12H2,1-2H3. The highest BCUT2D eigenvalue weighted by Gasteiger charge is 2.72. The molecule has 1 aromatic carbocycles. The van der Waals surface area contributed by atoms with Crippen LogP contribution in [-0.4, -0.2) is 21.9 Å². The molecule has 3 bridgehead atoms. The van der Waals surface area contributed by atoms with Crippen molar-refractivity contribution in [2.75, 3.05) is 6.26 Å². The number of benzene rings is 1. The number of rotatable bonds is 4. The number of hydrogen-bond acceptors (Lipinski definition) is 3. The zero-order valence-corrected chi connectivity index (χ0v) is 18.9. The van der Waals surface area contributed by atoms with E-state index in [9.17, 15) is 4.79 Å². The average molecular weight is 433 g/mol.